The molecular weight excluding hydrogens is 290 g/mol. The van der Waals surface area contributed by atoms with Crippen molar-refractivity contribution in [2.75, 3.05) is 20.1 Å². The van der Waals surface area contributed by atoms with E-state index in [9.17, 15) is 9.90 Å². The van der Waals surface area contributed by atoms with E-state index in [-0.39, 0.29) is 11.7 Å². The van der Waals surface area contributed by atoms with Crippen molar-refractivity contribution >= 4 is 11.5 Å². The Bertz CT molecular complexity index is 677. The molecule has 0 aromatic heterocycles. The Hall–Kier alpha value is -1.85. The number of nitrogens with two attached hydrogens (primary N) is 1. The zero-order chi connectivity index (χ0) is 16.9. The van der Waals surface area contributed by atoms with Crippen LogP contribution in [0.5, 0.6) is 0 Å². The molecule has 1 fully saturated rings. The van der Waals surface area contributed by atoms with Crippen LogP contribution in [0.25, 0.3) is 5.57 Å². The quantitative estimate of drug-likeness (QED) is 0.778. The molecule has 1 aromatic rings. The molecule has 0 radical (unpaired) electrons. The van der Waals surface area contributed by atoms with Crippen LogP contribution in [-0.4, -0.2) is 46.6 Å². The van der Waals surface area contributed by atoms with Gasteiger partial charge in [-0.3, -0.25) is 10.6 Å². The van der Waals surface area contributed by atoms with Crippen molar-refractivity contribution in [2.45, 2.75) is 39.2 Å². The van der Waals surface area contributed by atoms with Crippen LogP contribution in [0.15, 0.2) is 17.9 Å². The topological polar surface area (TPSA) is 69.8 Å². The van der Waals surface area contributed by atoms with E-state index in [0.717, 1.165) is 22.3 Å². The number of aliphatic hydroxyl groups is 1. The number of aryl methyl sites for hydroxylation is 3. The fourth-order valence-corrected chi connectivity index (χ4v) is 4.12. The van der Waals surface area contributed by atoms with Gasteiger partial charge in [0.1, 0.15) is 11.3 Å². The first-order chi connectivity index (χ1) is 10.8. The normalized spacial score (nSPS) is 21.6. The van der Waals surface area contributed by atoms with Crippen LogP contribution < -0.4 is 5.84 Å². The van der Waals surface area contributed by atoms with Crippen molar-refractivity contribution in [3.05, 3.63) is 40.1 Å². The van der Waals surface area contributed by atoms with E-state index in [0.29, 0.717) is 31.5 Å². The third-order valence-electron chi connectivity index (χ3n) is 5.39. The number of piperidine rings is 1. The third kappa shape index (κ3) is 2.26. The lowest BCUT2D eigenvalue weighted by Gasteiger charge is -2.42. The number of hydrogen-bond acceptors (Lipinski definition) is 4. The first-order valence-electron chi connectivity index (χ1n) is 8.07. The Kier molecular flexibility index (Phi) is 3.73. The van der Waals surface area contributed by atoms with Gasteiger partial charge in [-0.15, -0.1) is 0 Å². The van der Waals surface area contributed by atoms with Gasteiger partial charge < -0.3 is 10.0 Å². The van der Waals surface area contributed by atoms with Gasteiger partial charge in [-0.25, -0.2) is 5.01 Å². The van der Waals surface area contributed by atoms with E-state index in [1.165, 1.54) is 0 Å². The van der Waals surface area contributed by atoms with Crippen LogP contribution in [0.4, 0.5) is 0 Å². The largest absolute Gasteiger partial charge is 0.509 e. The summed E-state index contributed by atoms with van der Waals surface area (Å²) in [6, 6.07) is 4.12. The number of amides is 1. The summed E-state index contributed by atoms with van der Waals surface area (Å²) >= 11 is 0. The maximum atomic E-state index is 12.9. The van der Waals surface area contributed by atoms with Crippen LogP contribution in [0.3, 0.4) is 0 Å². The lowest BCUT2D eigenvalue weighted by molar-refractivity contribution is -0.128. The Morgan fingerprint density at radius 1 is 1.13 bits per heavy atom. The van der Waals surface area contributed by atoms with Crippen molar-refractivity contribution in [2.24, 2.45) is 5.84 Å². The number of aliphatic hydroxyl groups excluding tert-OH is 1. The molecule has 2 aliphatic rings. The maximum absolute atomic E-state index is 12.9. The van der Waals surface area contributed by atoms with Crippen LogP contribution in [-0.2, 0) is 4.79 Å². The highest BCUT2D eigenvalue weighted by Gasteiger charge is 2.52. The lowest BCUT2D eigenvalue weighted by atomic mass is 9.84. The molecular formula is C18H25N3O2. The molecule has 0 saturated carbocycles. The Morgan fingerprint density at radius 2 is 1.65 bits per heavy atom. The second-order valence-corrected chi connectivity index (χ2v) is 6.93. The summed E-state index contributed by atoms with van der Waals surface area (Å²) < 4.78 is 0. The predicted molar refractivity (Wildman–Crippen MR) is 90.7 cm³/mol. The summed E-state index contributed by atoms with van der Waals surface area (Å²) in [5.74, 6) is 5.98. The molecule has 0 bridgehead atoms. The van der Waals surface area contributed by atoms with E-state index >= 15 is 0 Å². The van der Waals surface area contributed by atoms with Crippen LogP contribution in [0.1, 0.15) is 35.1 Å². The smallest absolute Gasteiger partial charge is 0.258 e. The highest BCUT2D eigenvalue weighted by molar-refractivity contribution is 6.23. The zero-order valence-corrected chi connectivity index (χ0v) is 14.3. The summed E-state index contributed by atoms with van der Waals surface area (Å²) in [5, 5.41) is 12.8. The average molecular weight is 315 g/mol. The van der Waals surface area contributed by atoms with E-state index in [1.807, 2.05) is 20.8 Å². The molecule has 1 saturated heterocycles. The standard InChI is InChI=1S/C18H25N3O2/c1-11-9-12(2)14(13(3)10-11)15-16(22)18(20(4)17(15)23)5-7-21(19)8-6-18/h9-10,22H,5-8,19H2,1-4H3. The molecule has 0 aliphatic carbocycles. The molecule has 1 amide bonds. The minimum Gasteiger partial charge on any atom is -0.509 e. The van der Waals surface area contributed by atoms with Gasteiger partial charge >= 0.3 is 0 Å². The summed E-state index contributed by atoms with van der Waals surface area (Å²) in [5.41, 5.74) is 3.95. The molecule has 2 heterocycles. The number of benzene rings is 1. The fraction of sp³-hybridized carbons (Fsp3) is 0.500. The first kappa shape index (κ1) is 16.0. The zero-order valence-electron chi connectivity index (χ0n) is 14.3. The molecule has 0 atom stereocenters. The molecule has 1 spiro atoms. The number of nitrogens with zero attached hydrogens (tertiary/aromatic N) is 2. The summed E-state index contributed by atoms with van der Waals surface area (Å²) in [6.45, 7) is 7.37. The van der Waals surface area contributed by atoms with Gasteiger partial charge in [0.2, 0.25) is 0 Å². The number of rotatable bonds is 1. The number of hydrazine groups is 1. The molecule has 5 heteroatoms. The summed E-state index contributed by atoms with van der Waals surface area (Å²) in [4.78, 5) is 14.6. The number of likely N-dealkylation sites (N-methyl/N-ethyl adjacent to an activating group) is 1. The number of carbonyl (C=O) groups is 1. The Labute approximate surface area is 137 Å². The van der Waals surface area contributed by atoms with Crippen molar-refractivity contribution in [3.63, 3.8) is 0 Å². The van der Waals surface area contributed by atoms with Crippen LogP contribution >= 0.6 is 0 Å². The van der Waals surface area contributed by atoms with Crippen LogP contribution in [0, 0.1) is 20.8 Å². The fourth-order valence-electron chi connectivity index (χ4n) is 4.12. The van der Waals surface area contributed by atoms with Gasteiger partial charge in [-0.2, -0.15) is 0 Å². The highest BCUT2D eigenvalue weighted by atomic mass is 16.3. The molecule has 3 rings (SSSR count). The molecule has 124 valence electrons. The van der Waals surface area contributed by atoms with E-state index < -0.39 is 5.54 Å². The van der Waals surface area contributed by atoms with Crippen molar-refractivity contribution in [3.8, 4) is 0 Å². The lowest BCUT2D eigenvalue weighted by Crippen LogP contribution is -2.55. The molecule has 3 N–H and O–H groups in total. The van der Waals surface area contributed by atoms with Crippen molar-refractivity contribution in [1.29, 1.82) is 0 Å². The molecule has 2 aliphatic heterocycles. The minimum absolute atomic E-state index is 0.0944. The van der Waals surface area contributed by atoms with Gasteiger partial charge in [0.05, 0.1) is 5.57 Å². The molecule has 0 unspecified atom stereocenters. The SMILES string of the molecule is Cc1cc(C)c(C2=C(O)C3(CCN(N)CC3)N(C)C2=O)c(C)c1. The Morgan fingerprint density at radius 3 is 2.17 bits per heavy atom. The molecule has 5 nitrogen and oxygen atoms in total. The van der Waals surface area contributed by atoms with Gasteiger partial charge in [0, 0.05) is 20.1 Å². The molecule has 23 heavy (non-hydrogen) atoms. The van der Waals surface area contributed by atoms with Crippen molar-refractivity contribution in [1.82, 2.24) is 9.91 Å². The predicted octanol–water partition coefficient (Wildman–Crippen LogP) is 2.06. The van der Waals surface area contributed by atoms with Gasteiger partial charge in [-0.1, -0.05) is 17.7 Å². The van der Waals surface area contributed by atoms with Crippen molar-refractivity contribution < 1.29 is 9.90 Å². The minimum atomic E-state index is -0.605. The number of carbonyl (C=O) groups excluding carboxylic acids is 1. The number of hydrogen-bond donors (Lipinski definition) is 2. The third-order valence-corrected chi connectivity index (χ3v) is 5.39. The van der Waals surface area contributed by atoms with E-state index in [4.69, 9.17) is 5.84 Å². The Balaban J connectivity index is 2.16. The van der Waals surface area contributed by atoms with Gasteiger partial charge in [0.15, 0.2) is 0 Å². The van der Waals surface area contributed by atoms with E-state index in [2.05, 4.69) is 12.1 Å². The molecule has 1 aromatic carbocycles. The van der Waals surface area contributed by atoms with Crippen LogP contribution in [0.2, 0.25) is 0 Å². The van der Waals surface area contributed by atoms with Gasteiger partial charge in [0.25, 0.3) is 5.91 Å². The monoisotopic (exact) mass is 315 g/mol. The van der Waals surface area contributed by atoms with E-state index in [1.54, 1.807) is 17.0 Å². The highest BCUT2D eigenvalue weighted by Crippen LogP contribution is 2.45. The maximum Gasteiger partial charge on any atom is 0.258 e. The average Bonchev–Trinajstić information content (AvgIpc) is 2.65. The second-order valence-electron chi connectivity index (χ2n) is 6.93. The summed E-state index contributed by atoms with van der Waals surface area (Å²) in [6.07, 6.45) is 1.32. The van der Waals surface area contributed by atoms with Gasteiger partial charge in [-0.05, 0) is 50.3 Å². The second kappa shape index (κ2) is 5.35. The first-order valence-corrected chi connectivity index (χ1v) is 8.07. The summed E-state index contributed by atoms with van der Waals surface area (Å²) in [7, 11) is 1.79.